The summed E-state index contributed by atoms with van der Waals surface area (Å²) >= 11 is 0. The van der Waals surface area contributed by atoms with Gasteiger partial charge in [-0.15, -0.1) is 0 Å². The highest BCUT2D eigenvalue weighted by Gasteiger charge is 2.16. The van der Waals surface area contributed by atoms with Crippen LogP contribution >= 0.6 is 0 Å². The molecule has 0 saturated carbocycles. The van der Waals surface area contributed by atoms with Crippen molar-refractivity contribution in [1.82, 2.24) is 9.47 Å². The molecular weight excluding hydrogens is 292 g/mol. The molecule has 2 aromatic rings. The number of hydrogen-bond acceptors (Lipinski definition) is 4. The zero-order valence-electron chi connectivity index (χ0n) is 13.4. The lowest BCUT2D eigenvalue weighted by Crippen LogP contribution is -2.24. The molecule has 0 bridgehead atoms. The molecular formula is C18H22N2O3. The van der Waals surface area contributed by atoms with Crippen LogP contribution in [0.5, 0.6) is 11.5 Å². The van der Waals surface area contributed by atoms with Gasteiger partial charge in [-0.2, -0.15) is 0 Å². The second-order valence-electron chi connectivity index (χ2n) is 5.96. The van der Waals surface area contributed by atoms with Gasteiger partial charge in [-0.25, -0.2) is 0 Å². The molecule has 1 aliphatic rings. The minimum atomic E-state index is -0.343. The van der Waals surface area contributed by atoms with Gasteiger partial charge >= 0.3 is 0 Å². The molecule has 0 amide bonds. The summed E-state index contributed by atoms with van der Waals surface area (Å²) in [6, 6.07) is 9.42. The topological polar surface area (TPSA) is 54.7 Å². The molecule has 0 atom stereocenters. The van der Waals surface area contributed by atoms with Crippen LogP contribution < -0.4 is 10.3 Å². The summed E-state index contributed by atoms with van der Waals surface area (Å²) in [5.74, 6) is 0.618. The van der Waals surface area contributed by atoms with Crippen molar-refractivity contribution in [1.29, 1.82) is 0 Å². The van der Waals surface area contributed by atoms with Gasteiger partial charge in [-0.3, -0.25) is 9.69 Å². The lowest BCUT2D eigenvalue weighted by atomic mass is 10.2. The first-order chi connectivity index (χ1) is 11.2. The first-order valence-corrected chi connectivity index (χ1v) is 7.94. The van der Waals surface area contributed by atoms with Crippen LogP contribution in [-0.4, -0.2) is 34.8 Å². The van der Waals surface area contributed by atoms with E-state index in [1.807, 2.05) is 30.3 Å². The van der Waals surface area contributed by atoms with E-state index in [1.54, 1.807) is 13.3 Å². The maximum absolute atomic E-state index is 12.4. The number of aromatic nitrogens is 1. The minimum Gasteiger partial charge on any atom is -0.503 e. The Morgan fingerprint density at radius 1 is 1.17 bits per heavy atom. The van der Waals surface area contributed by atoms with Crippen LogP contribution in [0.3, 0.4) is 0 Å². The van der Waals surface area contributed by atoms with Gasteiger partial charge in [0.25, 0.3) is 5.56 Å². The van der Waals surface area contributed by atoms with Crippen molar-refractivity contribution in [3.8, 4) is 11.5 Å². The van der Waals surface area contributed by atoms with E-state index in [0.717, 1.165) is 24.4 Å². The van der Waals surface area contributed by atoms with Crippen molar-refractivity contribution in [3.63, 3.8) is 0 Å². The van der Waals surface area contributed by atoms with E-state index in [0.29, 0.717) is 18.7 Å². The smallest absolute Gasteiger partial charge is 0.293 e. The Morgan fingerprint density at radius 3 is 2.70 bits per heavy atom. The minimum absolute atomic E-state index is 0.137. The van der Waals surface area contributed by atoms with Crippen LogP contribution in [-0.2, 0) is 13.1 Å². The van der Waals surface area contributed by atoms with Crippen LogP contribution in [0, 0.1) is 0 Å². The molecule has 2 heterocycles. The van der Waals surface area contributed by atoms with Crippen molar-refractivity contribution >= 4 is 0 Å². The molecule has 0 aliphatic carbocycles. The molecule has 1 aromatic heterocycles. The van der Waals surface area contributed by atoms with Crippen LogP contribution in [0.25, 0.3) is 0 Å². The third-order valence-corrected chi connectivity index (χ3v) is 4.30. The number of ether oxygens (including phenoxy) is 1. The Balaban J connectivity index is 1.80. The number of pyridine rings is 1. The van der Waals surface area contributed by atoms with Crippen molar-refractivity contribution < 1.29 is 9.84 Å². The summed E-state index contributed by atoms with van der Waals surface area (Å²) in [6.07, 6.45) is 4.13. The number of methoxy groups -OCH3 is 1. The van der Waals surface area contributed by atoms with E-state index < -0.39 is 0 Å². The van der Waals surface area contributed by atoms with Gasteiger partial charge < -0.3 is 14.4 Å². The van der Waals surface area contributed by atoms with Gasteiger partial charge in [-0.05, 0) is 49.7 Å². The standard InChI is InChI=1S/C18H22N2O3/c1-23-16-6-4-5-14(11-16)12-20-10-7-15(17(21)18(20)22)13-19-8-2-3-9-19/h4-7,10-11,21H,2-3,8-9,12-13H2,1H3. The van der Waals surface area contributed by atoms with Crippen molar-refractivity contribution in [2.45, 2.75) is 25.9 Å². The first-order valence-electron chi connectivity index (χ1n) is 7.94. The fourth-order valence-corrected chi connectivity index (χ4v) is 3.00. The Labute approximate surface area is 135 Å². The van der Waals surface area contributed by atoms with Gasteiger partial charge in [0, 0.05) is 18.3 Å². The molecule has 0 spiro atoms. The summed E-state index contributed by atoms with van der Waals surface area (Å²) in [7, 11) is 1.62. The van der Waals surface area contributed by atoms with Crippen LogP contribution in [0.15, 0.2) is 41.3 Å². The molecule has 1 aliphatic heterocycles. The lowest BCUT2D eigenvalue weighted by Gasteiger charge is -2.16. The third kappa shape index (κ3) is 3.56. The normalized spacial score (nSPS) is 15.0. The fourth-order valence-electron chi connectivity index (χ4n) is 3.00. The summed E-state index contributed by atoms with van der Waals surface area (Å²) < 4.78 is 6.72. The molecule has 1 saturated heterocycles. The Hall–Kier alpha value is -2.27. The number of rotatable bonds is 5. The Kier molecular flexibility index (Phi) is 4.67. The predicted molar refractivity (Wildman–Crippen MR) is 89.0 cm³/mol. The van der Waals surface area contributed by atoms with E-state index >= 15 is 0 Å². The molecule has 0 radical (unpaired) electrons. The zero-order valence-corrected chi connectivity index (χ0v) is 13.4. The highest BCUT2D eigenvalue weighted by atomic mass is 16.5. The Morgan fingerprint density at radius 2 is 1.96 bits per heavy atom. The number of likely N-dealkylation sites (tertiary alicyclic amines) is 1. The number of hydrogen-bond donors (Lipinski definition) is 1. The second kappa shape index (κ2) is 6.87. The maximum atomic E-state index is 12.4. The van der Waals surface area contributed by atoms with Gasteiger partial charge in [0.05, 0.1) is 13.7 Å². The number of nitrogens with zero attached hydrogens (tertiary/aromatic N) is 2. The fraction of sp³-hybridized carbons (Fsp3) is 0.389. The largest absolute Gasteiger partial charge is 0.503 e. The molecule has 0 unspecified atom stereocenters. The van der Waals surface area contributed by atoms with Crippen molar-refractivity contribution in [2.75, 3.05) is 20.2 Å². The average Bonchev–Trinajstić information content (AvgIpc) is 3.08. The van der Waals surface area contributed by atoms with E-state index in [2.05, 4.69) is 4.90 Å². The average molecular weight is 314 g/mol. The molecule has 5 heteroatoms. The zero-order chi connectivity index (χ0) is 16.2. The second-order valence-corrected chi connectivity index (χ2v) is 5.96. The maximum Gasteiger partial charge on any atom is 0.293 e. The highest BCUT2D eigenvalue weighted by Crippen LogP contribution is 2.18. The molecule has 122 valence electrons. The molecule has 1 N–H and O–H groups in total. The Bertz CT molecular complexity index is 733. The van der Waals surface area contributed by atoms with E-state index in [9.17, 15) is 9.90 Å². The quantitative estimate of drug-likeness (QED) is 0.919. The summed E-state index contributed by atoms with van der Waals surface area (Å²) in [4.78, 5) is 14.7. The molecule has 1 aromatic carbocycles. The molecule has 23 heavy (non-hydrogen) atoms. The number of aromatic hydroxyl groups is 1. The predicted octanol–water partition coefficient (Wildman–Crippen LogP) is 2.21. The molecule has 3 rings (SSSR count). The van der Waals surface area contributed by atoms with E-state index in [4.69, 9.17) is 4.74 Å². The van der Waals surface area contributed by atoms with Crippen molar-refractivity contribution in [3.05, 3.63) is 58.0 Å². The molecule has 1 fully saturated rings. The van der Waals surface area contributed by atoms with Gasteiger partial charge in [0.1, 0.15) is 5.75 Å². The molecule has 5 nitrogen and oxygen atoms in total. The summed E-state index contributed by atoms with van der Waals surface area (Å²) in [6.45, 7) is 3.12. The number of benzene rings is 1. The van der Waals surface area contributed by atoms with E-state index in [-0.39, 0.29) is 11.3 Å². The van der Waals surface area contributed by atoms with Crippen LogP contribution in [0.4, 0.5) is 0 Å². The van der Waals surface area contributed by atoms with Gasteiger partial charge in [0.15, 0.2) is 5.75 Å². The highest BCUT2D eigenvalue weighted by molar-refractivity contribution is 5.31. The van der Waals surface area contributed by atoms with Crippen LogP contribution in [0.2, 0.25) is 0 Å². The van der Waals surface area contributed by atoms with E-state index in [1.165, 1.54) is 17.4 Å². The third-order valence-electron chi connectivity index (χ3n) is 4.30. The van der Waals surface area contributed by atoms with Crippen molar-refractivity contribution in [2.24, 2.45) is 0 Å². The first kappa shape index (κ1) is 15.6. The summed E-state index contributed by atoms with van der Waals surface area (Å²) in [5.41, 5.74) is 1.32. The van der Waals surface area contributed by atoms with Crippen LogP contribution in [0.1, 0.15) is 24.0 Å². The SMILES string of the molecule is COc1cccc(Cn2ccc(CN3CCCC3)c(O)c2=O)c1. The van der Waals surface area contributed by atoms with Gasteiger partial charge in [0.2, 0.25) is 0 Å². The monoisotopic (exact) mass is 314 g/mol. The lowest BCUT2D eigenvalue weighted by molar-refractivity contribution is 0.322. The van der Waals surface area contributed by atoms with Gasteiger partial charge in [-0.1, -0.05) is 12.1 Å². The summed E-state index contributed by atoms with van der Waals surface area (Å²) in [5, 5.41) is 10.2.